The molecular weight excluding hydrogens is 308 g/mol. The van der Waals surface area contributed by atoms with Gasteiger partial charge in [-0.15, -0.1) is 0 Å². The molecule has 1 aliphatic rings. The van der Waals surface area contributed by atoms with E-state index >= 15 is 0 Å². The lowest BCUT2D eigenvalue weighted by Crippen LogP contribution is -2.53. The Morgan fingerprint density at radius 1 is 1.38 bits per heavy atom. The van der Waals surface area contributed by atoms with E-state index in [4.69, 9.17) is 0 Å². The number of fused-ring (bicyclic) bond motifs is 1. The second kappa shape index (κ2) is 7.81. The van der Waals surface area contributed by atoms with Crippen molar-refractivity contribution in [2.45, 2.75) is 32.9 Å². The largest absolute Gasteiger partial charge is 0.358 e. The maximum Gasteiger partial charge on any atom is 0.318 e. The molecule has 24 heavy (non-hydrogen) atoms. The lowest BCUT2D eigenvalue weighted by Gasteiger charge is -2.32. The topological polar surface area (TPSA) is 90.5 Å². The molecule has 0 radical (unpaired) electrons. The summed E-state index contributed by atoms with van der Waals surface area (Å²) in [5.41, 5.74) is 1.59. The quantitative estimate of drug-likeness (QED) is 0.776. The Morgan fingerprint density at radius 2 is 2.08 bits per heavy atom. The number of benzene rings is 1. The van der Waals surface area contributed by atoms with Crippen LogP contribution in [0.4, 0.5) is 10.5 Å². The minimum Gasteiger partial charge on any atom is -0.358 e. The van der Waals surface area contributed by atoms with Gasteiger partial charge in [-0.2, -0.15) is 0 Å². The Hall–Kier alpha value is -2.57. The Morgan fingerprint density at radius 3 is 2.75 bits per heavy atom. The van der Waals surface area contributed by atoms with Crippen LogP contribution in [0.5, 0.6) is 0 Å². The third-order valence-corrected chi connectivity index (χ3v) is 4.34. The lowest BCUT2D eigenvalue weighted by atomic mass is 9.97. The molecule has 0 aromatic heterocycles. The Kier molecular flexibility index (Phi) is 5.78. The summed E-state index contributed by atoms with van der Waals surface area (Å²) in [6.45, 7) is 4.11. The summed E-state index contributed by atoms with van der Waals surface area (Å²) in [6.07, 6.45) is 0.758. The molecule has 130 valence electrons. The van der Waals surface area contributed by atoms with Crippen molar-refractivity contribution in [3.8, 4) is 0 Å². The van der Waals surface area contributed by atoms with Gasteiger partial charge in [0.05, 0.1) is 13.1 Å². The van der Waals surface area contributed by atoms with Gasteiger partial charge in [-0.1, -0.05) is 38.5 Å². The third kappa shape index (κ3) is 3.84. The number of carbonyl (C=O) groups excluding carboxylic acids is 3. The van der Waals surface area contributed by atoms with Gasteiger partial charge in [0.2, 0.25) is 11.8 Å². The van der Waals surface area contributed by atoms with Crippen molar-refractivity contribution < 1.29 is 14.4 Å². The molecule has 0 bridgehead atoms. The van der Waals surface area contributed by atoms with Crippen LogP contribution in [0, 0.1) is 5.92 Å². The van der Waals surface area contributed by atoms with Crippen molar-refractivity contribution in [2.24, 2.45) is 5.92 Å². The average molecular weight is 332 g/mol. The number of nitrogens with one attached hydrogen (secondary N) is 3. The highest BCUT2D eigenvalue weighted by atomic mass is 16.2. The van der Waals surface area contributed by atoms with Gasteiger partial charge in [0.25, 0.3) is 0 Å². The molecule has 0 saturated heterocycles. The summed E-state index contributed by atoms with van der Waals surface area (Å²) < 4.78 is 0. The zero-order valence-corrected chi connectivity index (χ0v) is 14.3. The molecule has 1 heterocycles. The molecule has 2 unspecified atom stereocenters. The first-order valence-corrected chi connectivity index (χ1v) is 8.11. The molecule has 7 nitrogen and oxygen atoms in total. The molecule has 1 aromatic carbocycles. The number of hydrogen-bond acceptors (Lipinski definition) is 3. The zero-order valence-electron chi connectivity index (χ0n) is 14.3. The van der Waals surface area contributed by atoms with Gasteiger partial charge >= 0.3 is 6.03 Å². The first kappa shape index (κ1) is 17.8. The Balaban J connectivity index is 2.29. The highest BCUT2D eigenvalue weighted by Gasteiger charge is 2.36. The summed E-state index contributed by atoms with van der Waals surface area (Å²) in [4.78, 5) is 38.2. The Bertz CT molecular complexity index is 632. The van der Waals surface area contributed by atoms with E-state index in [1.165, 1.54) is 11.9 Å². The summed E-state index contributed by atoms with van der Waals surface area (Å²) in [5, 5.41) is 7.95. The minimum absolute atomic E-state index is 0.00920. The maximum absolute atomic E-state index is 12.7. The molecule has 7 heteroatoms. The molecule has 0 spiro atoms. The number of carbonyl (C=O) groups is 3. The standard InChI is InChI=1S/C17H24N4O3/c1-4-11(2)15-16(23)20-13-8-6-5-7-12(13)10-21(15)17(24)19-9-14(22)18-3/h5-8,11,15H,4,9-10H2,1-3H3,(H,18,22)(H,19,24)(H,20,23). The molecule has 0 fully saturated rings. The number of likely N-dealkylation sites (N-methyl/N-ethyl adjacent to an activating group) is 1. The van der Waals surface area contributed by atoms with E-state index in [9.17, 15) is 14.4 Å². The van der Waals surface area contributed by atoms with Crippen LogP contribution in [0.3, 0.4) is 0 Å². The second-order valence-corrected chi connectivity index (χ2v) is 5.94. The maximum atomic E-state index is 12.7. The lowest BCUT2D eigenvalue weighted by molar-refractivity contribution is -0.121. The van der Waals surface area contributed by atoms with Crippen LogP contribution in [0.25, 0.3) is 0 Å². The fourth-order valence-electron chi connectivity index (χ4n) is 2.74. The molecule has 1 aliphatic heterocycles. The predicted octanol–water partition coefficient (Wildman–Crippen LogP) is 1.31. The first-order valence-electron chi connectivity index (χ1n) is 8.11. The zero-order chi connectivity index (χ0) is 17.7. The second-order valence-electron chi connectivity index (χ2n) is 5.94. The molecule has 4 amide bonds. The van der Waals surface area contributed by atoms with Crippen molar-refractivity contribution in [3.05, 3.63) is 29.8 Å². The number of urea groups is 1. The normalized spacial score (nSPS) is 18.0. The molecule has 2 atom stereocenters. The molecule has 3 N–H and O–H groups in total. The highest BCUT2D eigenvalue weighted by molar-refractivity contribution is 5.99. The van der Waals surface area contributed by atoms with Gasteiger partial charge in [-0.25, -0.2) is 4.79 Å². The fourth-order valence-corrected chi connectivity index (χ4v) is 2.74. The summed E-state index contributed by atoms with van der Waals surface area (Å²) in [5.74, 6) is -0.502. The van der Waals surface area contributed by atoms with E-state index in [-0.39, 0.29) is 24.3 Å². The van der Waals surface area contributed by atoms with Crippen molar-refractivity contribution in [2.75, 3.05) is 18.9 Å². The van der Waals surface area contributed by atoms with Gasteiger partial charge in [0.1, 0.15) is 6.04 Å². The van der Waals surface area contributed by atoms with E-state index in [1.807, 2.05) is 38.1 Å². The number of hydrogen-bond donors (Lipinski definition) is 3. The average Bonchev–Trinajstić information content (AvgIpc) is 2.74. The minimum atomic E-state index is -0.591. The SMILES string of the molecule is CCC(C)C1C(=O)Nc2ccccc2CN1C(=O)NCC(=O)NC. The number of nitrogens with zero attached hydrogens (tertiary/aromatic N) is 1. The van der Waals surface area contributed by atoms with Gasteiger partial charge in [0.15, 0.2) is 0 Å². The van der Waals surface area contributed by atoms with Crippen molar-refractivity contribution in [1.82, 2.24) is 15.5 Å². The number of rotatable bonds is 4. The monoisotopic (exact) mass is 332 g/mol. The summed E-state index contributed by atoms with van der Waals surface area (Å²) in [7, 11) is 1.51. The van der Waals surface area contributed by atoms with E-state index in [1.54, 1.807) is 0 Å². The molecule has 0 aliphatic carbocycles. The van der Waals surface area contributed by atoms with Crippen molar-refractivity contribution >= 4 is 23.5 Å². The van der Waals surface area contributed by atoms with Crippen molar-refractivity contribution in [1.29, 1.82) is 0 Å². The van der Waals surface area contributed by atoms with Crippen molar-refractivity contribution in [3.63, 3.8) is 0 Å². The smallest absolute Gasteiger partial charge is 0.318 e. The van der Waals surface area contributed by atoms with E-state index < -0.39 is 12.1 Å². The number of anilines is 1. The molecule has 1 aromatic rings. The van der Waals surface area contributed by atoms with Crippen LogP contribution in [-0.4, -0.2) is 42.4 Å². The van der Waals surface area contributed by atoms with Crippen LogP contribution in [0.15, 0.2) is 24.3 Å². The van der Waals surface area contributed by atoms with E-state index in [2.05, 4.69) is 16.0 Å². The molecule has 2 rings (SSSR count). The predicted molar refractivity (Wildman–Crippen MR) is 91.3 cm³/mol. The first-order chi connectivity index (χ1) is 11.5. The van der Waals surface area contributed by atoms with Crippen LogP contribution in [-0.2, 0) is 16.1 Å². The summed E-state index contributed by atoms with van der Waals surface area (Å²) in [6, 6.07) is 6.41. The Labute approximate surface area is 141 Å². The number of para-hydroxylation sites is 1. The number of amides is 4. The molecular formula is C17H24N4O3. The highest BCUT2D eigenvalue weighted by Crippen LogP contribution is 2.27. The van der Waals surface area contributed by atoms with Crippen LogP contribution >= 0.6 is 0 Å². The van der Waals surface area contributed by atoms with Crippen LogP contribution in [0.2, 0.25) is 0 Å². The van der Waals surface area contributed by atoms with Gasteiger partial charge in [-0.3, -0.25) is 9.59 Å². The third-order valence-electron chi connectivity index (χ3n) is 4.34. The van der Waals surface area contributed by atoms with Crippen LogP contribution in [0.1, 0.15) is 25.8 Å². The van der Waals surface area contributed by atoms with Gasteiger partial charge < -0.3 is 20.9 Å². The van der Waals surface area contributed by atoms with Crippen LogP contribution < -0.4 is 16.0 Å². The van der Waals surface area contributed by atoms with Gasteiger partial charge in [0, 0.05) is 12.7 Å². The fraction of sp³-hybridized carbons (Fsp3) is 0.471. The molecule has 0 saturated carbocycles. The van der Waals surface area contributed by atoms with Gasteiger partial charge in [-0.05, 0) is 17.5 Å². The summed E-state index contributed by atoms with van der Waals surface area (Å²) >= 11 is 0. The van der Waals surface area contributed by atoms with E-state index in [0.717, 1.165) is 17.7 Å². The van der Waals surface area contributed by atoms with E-state index in [0.29, 0.717) is 6.54 Å².